The minimum absolute atomic E-state index is 0.0229. The Morgan fingerprint density at radius 2 is 1.91 bits per heavy atom. The highest BCUT2D eigenvalue weighted by molar-refractivity contribution is 5.91. The number of nitrogen functional groups attached to an aromatic ring is 1. The molecule has 0 spiro atoms. The van der Waals surface area contributed by atoms with Crippen molar-refractivity contribution in [2.45, 2.75) is 19.8 Å². The fourth-order valence-corrected chi connectivity index (χ4v) is 2.38. The van der Waals surface area contributed by atoms with Gasteiger partial charge in [-0.2, -0.15) is 0 Å². The number of amides is 1. The van der Waals surface area contributed by atoms with Gasteiger partial charge >= 0.3 is 0 Å². The molecule has 1 amide bonds. The van der Waals surface area contributed by atoms with Crippen LogP contribution in [0.15, 0.2) is 54.6 Å². The van der Waals surface area contributed by atoms with E-state index in [0.29, 0.717) is 12.1 Å². The number of nitrogens with two attached hydrogens (primary N) is 1. The summed E-state index contributed by atoms with van der Waals surface area (Å²) in [5.74, 6) is 0.0229. The maximum absolute atomic E-state index is 12.0. The minimum atomic E-state index is 0.0229. The number of carbonyl (C=O) groups excluding carboxylic acids is 1. The van der Waals surface area contributed by atoms with Crippen LogP contribution in [0.3, 0.4) is 0 Å². The Kier molecular flexibility index (Phi) is 5.83. The number of anilines is 3. The van der Waals surface area contributed by atoms with Crippen LogP contribution in [0.1, 0.15) is 19.8 Å². The summed E-state index contributed by atoms with van der Waals surface area (Å²) in [4.78, 5) is 14.2. The summed E-state index contributed by atoms with van der Waals surface area (Å²) >= 11 is 0. The van der Waals surface area contributed by atoms with Gasteiger partial charge in [0.2, 0.25) is 5.91 Å². The number of benzene rings is 2. The molecule has 0 saturated carbocycles. The molecule has 3 N–H and O–H groups in total. The second-order valence-corrected chi connectivity index (χ2v) is 5.19. The summed E-state index contributed by atoms with van der Waals surface area (Å²) in [7, 11) is 0. The number of nitrogens with one attached hydrogen (secondary N) is 1. The maximum atomic E-state index is 12.0. The van der Waals surface area contributed by atoms with Crippen molar-refractivity contribution in [1.29, 1.82) is 0 Å². The zero-order valence-electron chi connectivity index (χ0n) is 13.0. The quantitative estimate of drug-likeness (QED) is 0.769. The molecule has 0 bridgehead atoms. The highest BCUT2D eigenvalue weighted by atomic mass is 16.1. The highest BCUT2D eigenvalue weighted by Crippen LogP contribution is 2.15. The van der Waals surface area contributed by atoms with Crippen molar-refractivity contribution >= 4 is 23.0 Å². The molecule has 2 aromatic carbocycles. The van der Waals surface area contributed by atoms with Gasteiger partial charge in [-0.1, -0.05) is 24.3 Å². The number of carbonyl (C=O) groups is 1. The Bertz CT molecular complexity index is 598. The van der Waals surface area contributed by atoms with E-state index in [9.17, 15) is 4.79 Å². The van der Waals surface area contributed by atoms with Gasteiger partial charge in [-0.15, -0.1) is 0 Å². The average molecular weight is 297 g/mol. The number of nitrogens with zero attached hydrogens (tertiary/aromatic N) is 1. The van der Waals surface area contributed by atoms with E-state index in [2.05, 4.69) is 29.3 Å². The van der Waals surface area contributed by atoms with Crippen molar-refractivity contribution in [3.8, 4) is 0 Å². The molecule has 0 saturated heterocycles. The van der Waals surface area contributed by atoms with E-state index in [4.69, 9.17) is 5.73 Å². The van der Waals surface area contributed by atoms with E-state index in [1.54, 1.807) is 12.1 Å². The van der Waals surface area contributed by atoms with E-state index in [1.165, 1.54) is 5.69 Å². The van der Waals surface area contributed by atoms with Gasteiger partial charge < -0.3 is 16.0 Å². The van der Waals surface area contributed by atoms with Gasteiger partial charge in [-0.05, 0) is 43.7 Å². The van der Waals surface area contributed by atoms with Crippen molar-refractivity contribution < 1.29 is 4.79 Å². The molecular weight excluding hydrogens is 274 g/mol. The second kappa shape index (κ2) is 8.08. The van der Waals surface area contributed by atoms with Gasteiger partial charge in [0.15, 0.2) is 0 Å². The molecule has 0 aliphatic rings. The molecule has 0 aliphatic carbocycles. The van der Waals surface area contributed by atoms with E-state index >= 15 is 0 Å². The largest absolute Gasteiger partial charge is 0.399 e. The third kappa shape index (κ3) is 4.81. The zero-order valence-corrected chi connectivity index (χ0v) is 13.0. The van der Waals surface area contributed by atoms with E-state index in [1.807, 2.05) is 30.3 Å². The van der Waals surface area contributed by atoms with Gasteiger partial charge in [-0.3, -0.25) is 4.79 Å². The summed E-state index contributed by atoms with van der Waals surface area (Å²) < 4.78 is 0. The van der Waals surface area contributed by atoms with Gasteiger partial charge in [0.05, 0.1) is 0 Å². The summed E-state index contributed by atoms with van der Waals surface area (Å²) in [6.45, 7) is 3.92. The summed E-state index contributed by atoms with van der Waals surface area (Å²) in [5, 5.41) is 2.88. The number of rotatable bonds is 7. The lowest BCUT2D eigenvalue weighted by atomic mass is 10.2. The van der Waals surface area contributed by atoms with Gasteiger partial charge in [0.25, 0.3) is 0 Å². The Hall–Kier alpha value is -2.49. The zero-order chi connectivity index (χ0) is 15.8. The maximum Gasteiger partial charge on any atom is 0.224 e. The van der Waals surface area contributed by atoms with Crippen LogP contribution in [0, 0.1) is 0 Å². The summed E-state index contributed by atoms with van der Waals surface area (Å²) in [5.41, 5.74) is 8.30. The molecule has 0 aliphatic heterocycles. The standard InChI is InChI=1S/C18H23N3O/c1-2-21(17-10-4-3-5-11-17)13-7-12-18(22)20-16-9-6-8-15(19)14-16/h3-6,8-11,14H,2,7,12-13,19H2,1H3,(H,20,22). The van der Waals surface area contributed by atoms with Crippen LogP contribution in [0.5, 0.6) is 0 Å². The number of para-hydroxylation sites is 1. The van der Waals surface area contributed by atoms with Crippen LogP contribution in [-0.4, -0.2) is 19.0 Å². The number of hydrogen-bond donors (Lipinski definition) is 2. The Balaban J connectivity index is 1.79. The van der Waals surface area contributed by atoms with Crippen molar-refractivity contribution in [3.63, 3.8) is 0 Å². The van der Waals surface area contributed by atoms with Crippen LogP contribution < -0.4 is 16.0 Å². The molecule has 0 fully saturated rings. The summed E-state index contributed by atoms with van der Waals surface area (Å²) in [6, 6.07) is 17.5. The first-order chi connectivity index (χ1) is 10.7. The van der Waals surface area contributed by atoms with E-state index in [-0.39, 0.29) is 5.91 Å². The van der Waals surface area contributed by atoms with Crippen molar-refractivity contribution in [2.75, 3.05) is 29.0 Å². The summed E-state index contributed by atoms with van der Waals surface area (Å²) in [6.07, 6.45) is 1.31. The molecule has 116 valence electrons. The molecule has 0 atom stereocenters. The molecule has 0 heterocycles. The van der Waals surface area contributed by atoms with Gasteiger partial charge in [0.1, 0.15) is 0 Å². The van der Waals surface area contributed by atoms with Crippen LogP contribution in [0.4, 0.5) is 17.1 Å². The van der Waals surface area contributed by atoms with Gasteiger partial charge in [-0.25, -0.2) is 0 Å². The van der Waals surface area contributed by atoms with Crippen LogP contribution >= 0.6 is 0 Å². The molecule has 22 heavy (non-hydrogen) atoms. The minimum Gasteiger partial charge on any atom is -0.399 e. The fraction of sp³-hybridized carbons (Fsp3) is 0.278. The van der Waals surface area contributed by atoms with Crippen molar-refractivity contribution in [2.24, 2.45) is 0 Å². The normalized spacial score (nSPS) is 10.2. The fourth-order valence-electron chi connectivity index (χ4n) is 2.38. The molecular formula is C18H23N3O. The first-order valence-electron chi connectivity index (χ1n) is 7.64. The van der Waals surface area contributed by atoms with E-state index in [0.717, 1.165) is 25.2 Å². The molecule has 4 heteroatoms. The topological polar surface area (TPSA) is 58.4 Å². The van der Waals surface area contributed by atoms with Crippen LogP contribution in [0.2, 0.25) is 0 Å². The molecule has 2 aromatic rings. The Labute approximate surface area is 131 Å². The third-order valence-corrected chi connectivity index (χ3v) is 3.51. The first kappa shape index (κ1) is 15.9. The van der Waals surface area contributed by atoms with Crippen molar-refractivity contribution in [1.82, 2.24) is 0 Å². The molecule has 0 unspecified atom stereocenters. The van der Waals surface area contributed by atoms with Crippen LogP contribution in [0.25, 0.3) is 0 Å². The SMILES string of the molecule is CCN(CCCC(=O)Nc1cccc(N)c1)c1ccccc1. The van der Waals surface area contributed by atoms with Gasteiger partial charge in [0, 0.05) is 36.6 Å². The molecule has 0 aromatic heterocycles. The highest BCUT2D eigenvalue weighted by Gasteiger charge is 2.06. The van der Waals surface area contributed by atoms with E-state index < -0.39 is 0 Å². The lowest BCUT2D eigenvalue weighted by molar-refractivity contribution is -0.116. The third-order valence-electron chi connectivity index (χ3n) is 3.51. The lowest BCUT2D eigenvalue weighted by Gasteiger charge is -2.22. The number of hydrogen-bond acceptors (Lipinski definition) is 3. The predicted octanol–water partition coefficient (Wildman–Crippen LogP) is 3.51. The lowest BCUT2D eigenvalue weighted by Crippen LogP contribution is -2.25. The molecule has 0 radical (unpaired) electrons. The second-order valence-electron chi connectivity index (χ2n) is 5.19. The molecule has 4 nitrogen and oxygen atoms in total. The predicted molar refractivity (Wildman–Crippen MR) is 93.0 cm³/mol. The first-order valence-corrected chi connectivity index (χ1v) is 7.64. The van der Waals surface area contributed by atoms with Crippen LogP contribution in [-0.2, 0) is 4.79 Å². The van der Waals surface area contributed by atoms with Crippen molar-refractivity contribution in [3.05, 3.63) is 54.6 Å². The Morgan fingerprint density at radius 1 is 1.14 bits per heavy atom. The Morgan fingerprint density at radius 3 is 2.59 bits per heavy atom. The average Bonchev–Trinajstić information content (AvgIpc) is 2.52. The monoisotopic (exact) mass is 297 g/mol. The smallest absolute Gasteiger partial charge is 0.224 e. The molecule has 2 rings (SSSR count).